The molecule has 0 radical (unpaired) electrons. The molecule has 1 unspecified atom stereocenters. The monoisotopic (exact) mass is 211 g/mol. The van der Waals surface area contributed by atoms with Gasteiger partial charge in [0.15, 0.2) is 0 Å². The fourth-order valence-electron chi connectivity index (χ4n) is 2.69. The lowest BCUT2D eigenvalue weighted by molar-refractivity contribution is 0.408. The van der Waals surface area contributed by atoms with Gasteiger partial charge in [0.2, 0.25) is 0 Å². The van der Waals surface area contributed by atoms with Crippen LogP contribution in [0.1, 0.15) is 32.0 Å². The standard InChI is InChI=1S/C15H17N/c1-10-8-9-13-14(15(10,2)3)11-6-4-5-7-12(11)16-13/h4-10,16H,1-3H3. The maximum absolute atomic E-state index is 3.51. The molecule has 1 heterocycles. The molecule has 0 saturated carbocycles. The minimum absolute atomic E-state index is 0.212. The van der Waals surface area contributed by atoms with E-state index in [-0.39, 0.29) is 5.41 Å². The Bertz CT molecular complexity index is 572. The zero-order chi connectivity index (χ0) is 11.3. The summed E-state index contributed by atoms with van der Waals surface area (Å²) in [4.78, 5) is 3.51. The summed E-state index contributed by atoms with van der Waals surface area (Å²) in [7, 11) is 0. The first-order chi connectivity index (χ1) is 7.60. The number of rotatable bonds is 0. The molecular weight excluding hydrogens is 194 g/mol. The smallest absolute Gasteiger partial charge is 0.0461 e. The molecular formula is C15H17N. The van der Waals surface area contributed by atoms with Crippen molar-refractivity contribution < 1.29 is 0 Å². The van der Waals surface area contributed by atoms with Crippen molar-refractivity contribution in [2.24, 2.45) is 5.92 Å². The molecule has 16 heavy (non-hydrogen) atoms. The highest BCUT2D eigenvalue weighted by atomic mass is 14.7. The third-order valence-corrected chi connectivity index (χ3v) is 4.07. The van der Waals surface area contributed by atoms with Gasteiger partial charge in [0.1, 0.15) is 0 Å². The highest BCUT2D eigenvalue weighted by Crippen LogP contribution is 2.42. The van der Waals surface area contributed by atoms with E-state index in [9.17, 15) is 0 Å². The van der Waals surface area contributed by atoms with E-state index >= 15 is 0 Å². The third kappa shape index (κ3) is 1.12. The summed E-state index contributed by atoms with van der Waals surface area (Å²) in [6.45, 7) is 6.96. The predicted octanol–water partition coefficient (Wildman–Crippen LogP) is 4.11. The quantitative estimate of drug-likeness (QED) is 0.675. The summed E-state index contributed by atoms with van der Waals surface area (Å²) in [5, 5.41) is 1.37. The Kier molecular flexibility index (Phi) is 1.82. The number of hydrogen-bond donors (Lipinski definition) is 1. The number of para-hydroxylation sites is 1. The first-order valence-electron chi connectivity index (χ1n) is 5.90. The highest BCUT2D eigenvalue weighted by Gasteiger charge is 2.33. The average Bonchev–Trinajstić information content (AvgIpc) is 2.63. The normalized spacial score (nSPS) is 22.3. The van der Waals surface area contributed by atoms with Crippen LogP contribution < -0.4 is 0 Å². The summed E-state index contributed by atoms with van der Waals surface area (Å²) >= 11 is 0. The van der Waals surface area contributed by atoms with Crippen LogP contribution in [0, 0.1) is 5.92 Å². The van der Waals surface area contributed by atoms with Gasteiger partial charge >= 0.3 is 0 Å². The number of allylic oxidation sites excluding steroid dienone is 1. The van der Waals surface area contributed by atoms with E-state index in [0.29, 0.717) is 5.92 Å². The SMILES string of the molecule is CC1C=Cc2[nH]c3ccccc3c2C1(C)C. The molecule has 1 aliphatic carbocycles. The molecule has 0 amide bonds. The van der Waals surface area contributed by atoms with Gasteiger partial charge in [-0.15, -0.1) is 0 Å². The molecule has 1 N–H and O–H groups in total. The van der Waals surface area contributed by atoms with Crippen molar-refractivity contribution >= 4 is 17.0 Å². The van der Waals surface area contributed by atoms with Crippen LogP contribution in [0.4, 0.5) is 0 Å². The number of benzene rings is 1. The van der Waals surface area contributed by atoms with Crippen molar-refractivity contribution in [2.45, 2.75) is 26.2 Å². The fraction of sp³-hybridized carbons (Fsp3) is 0.333. The van der Waals surface area contributed by atoms with Crippen LogP contribution in [0.3, 0.4) is 0 Å². The van der Waals surface area contributed by atoms with Crippen LogP contribution in [0.15, 0.2) is 30.3 Å². The molecule has 1 atom stereocenters. The Morgan fingerprint density at radius 2 is 1.94 bits per heavy atom. The van der Waals surface area contributed by atoms with E-state index in [1.165, 1.54) is 22.2 Å². The highest BCUT2D eigenvalue weighted by molar-refractivity contribution is 5.89. The first kappa shape index (κ1) is 9.71. The van der Waals surface area contributed by atoms with E-state index in [1.54, 1.807) is 0 Å². The van der Waals surface area contributed by atoms with Gasteiger partial charge < -0.3 is 4.98 Å². The van der Waals surface area contributed by atoms with E-state index < -0.39 is 0 Å². The summed E-state index contributed by atoms with van der Waals surface area (Å²) in [6.07, 6.45) is 4.53. The minimum atomic E-state index is 0.212. The summed E-state index contributed by atoms with van der Waals surface area (Å²) in [5.41, 5.74) is 4.21. The van der Waals surface area contributed by atoms with Gasteiger partial charge in [-0.2, -0.15) is 0 Å². The van der Waals surface area contributed by atoms with Gasteiger partial charge in [-0.1, -0.05) is 45.0 Å². The molecule has 1 aliphatic rings. The van der Waals surface area contributed by atoms with Crippen LogP contribution in [0.25, 0.3) is 17.0 Å². The van der Waals surface area contributed by atoms with Gasteiger partial charge in [-0.3, -0.25) is 0 Å². The number of hydrogen-bond acceptors (Lipinski definition) is 0. The number of aromatic nitrogens is 1. The van der Waals surface area contributed by atoms with Crippen LogP contribution in [-0.2, 0) is 5.41 Å². The lowest BCUT2D eigenvalue weighted by Gasteiger charge is -2.33. The number of H-pyrrole nitrogens is 1. The van der Waals surface area contributed by atoms with Crippen LogP contribution in [-0.4, -0.2) is 4.98 Å². The summed E-state index contributed by atoms with van der Waals surface area (Å²) in [5.74, 6) is 0.583. The average molecular weight is 211 g/mol. The Morgan fingerprint density at radius 3 is 2.75 bits per heavy atom. The molecule has 0 bridgehead atoms. The maximum Gasteiger partial charge on any atom is 0.0461 e. The molecule has 82 valence electrons. The molecule has 3 rings (SSSR count). The second kappa shape index (κ2) is 3.00. The summed E-state index contributed by atoms with van der Waals surface area (Å²) in [6, 6.07) is 8.58. The summed E-state index contributed by atoms with van der Waals surface area (Å²) < 4.78 is 0. The maximum atomic E-state index is 3.51. The number of aromatic amines is 1. The largest absolute Gasteiger partial charge is 0.355 e. The first-order valence-corrected chi connectivity index (χ1v) is 5.90. The number of fused-ring (bicyclic) bond motifs is 3. The van der Waals surface area contributed by atoms with Crippen molar-refractivity contribution in [1.82, 2.24) is 4.98 Å². The fourth-order valence-corrected chi connectivity index (χ4v) is 2.69. The van der Waals surface area contributed by atoms with E-state index in [4.69, 9.17) is 0 Å². The van der Waals surface area contributed by atoms with E-state index in [0.717, 1.165) is 0 Å². The van der Waals surface area contributed by atoms with Gasteiger partial charge in [0, 0.05) is 16.6 Å². The van der Waals surface area contributed by atoms with Crippen molar-refractivity contribution in [3.8, 4) is 0 Å². The van der Waals surface area contributed by atoms with Crippen molar-refractivity contribution in [2.75, 3.05) is 0 Å². The zero-order valence-corrected chi connectivity index (χ0v) is 10.0. The van der Waals surface area contributed by atoms with Crippen molar-refractivity contribution in [1.29, 1.82) is 0 Å². The van der Waals surface area contributed by atoms with Crippen LogP contribution >= 0.6 is 0 Å². The van der Waals surface area contributed by atoms with Gasteiger partial charge in [0.25, 0.3) is 0 Å². The zero-order valence-electron chi connectivity index (χ0n) is 10.0. The second-order valence-corrected chi connectivity index (χ2v) is 5.33. The lowest BCUT2D eigenvalue weighted by Crippen LogP contribution is -2.27. The number of nitrogens with one attached hydrogen (secondary N) is 1. The topological polar surface area (TPSA) is 15.8 Å². The molecule has 0 saturated heterocycles. The second-order valence-electron chi connectivity index (χ2n) is 5.33. The molecule has 1 heteroatoms. The minimum Gasteiger partial charge on any atom is -0.355 e. The molecule has 1 nitrogen and oxygen atoms in total. The van der Waals surface area contributed by atoms with Crippen LogP contribution in [0.5, 0.6) is 0 Å². The molecule has 0 aliphatic heterocycles. The molecule has 1 aromatic heterocycles. The third-order valence-electron chi connectivity index (χ3n) is 4.07. The predicted molar refractivity (Wildman–Crippen MR) is 69.5 cm³/mol. The van der Waals surface area contributed by atoms with Crippen molar-refractivity contribution in [3.05, 3.63) is 41.6 Å². The molecule has 0 fully saturated rings. The van der Waals surface area contributed by atoms with E-state index in [2.05, 4.69) is 62.2 Å². The van der Waals surface area contributed by atoms with Crippen molar-refractivity contribution in [3.63, 3.8) is 0 Å². The Morgan fingerprint density at radius 1 is 1.19 bits per heavy atom. The van der Waals surface area contributed by atoms with E-state index in [1.807, 2.05) is 0 Å². The van der Waals surface area contributed by atoms with Gasteiger partial charge in [-0.25, -0.2) is 0 Å². The Hall–Kier alpha value is -1.50. The van der Waals surface area contributed by atoms with Crippen LogP contribution in [0.2, 0.25) is 0 Å². The van der Waals surface area contributed by atoms with Gasteiger partial charge in [-0.05, 0) is 29.0 Å². The molecule has 1 aromatic carbocycles. The Labute approximate surface area is 96.2 Å². The van der Waals surface area contributed by atoms with Gasteiger partial charge in [0.05, 0.1) is 0 Å². The lowest BCUT2D eigenvalue weighted by atomic mass is 9.70. The Balaban J connectivity index is 2.40. The molecule has 2 aromatic rings. The molecule has 0 spiro atoms.